The van der Waals surface area contributed by atoms with E-state index in [1.807, 2.05) is 38.2 Å². The second kappa shape index (κ2) is 7.96. The number of nitro groups is 1. The Bertz CT molecular complexity index is 923. The lowest BCUT2D eigenvalue weighted by Gasteiger charge is -2.21. The van der Waals surface area contributed by atoms with Gasteiger partial charge in [-0.1, -0.05) is 12.1 Å². The summed E-state index contributed by atoms with van der Waals surface area (Å²) in [5, 5.41) is 18.9. The first-order valence-electron chi connectivity index (χ1n) is 8.39. The van der Waals surface area contributed by atoms with Crippen molar-refractivity contribution in [2.75, 3.05) is 14.2 Å². The van der Waals surface area contributed by atoms with E-state index in [2.05, 4.69) is 15.1 Å². The Morgan fingerprint density at radius 3 is 2.63 bits per heavy atom. The van der Waals surface area contributed by atoms with Gasteiger partial charge in [-0.05, 0) is 43.8 Å². The van der Waals surface area contributed by atoms with Gasteiger partial charge in [0.05, 0.1) is 18.1 Å². The quantitative estimate of drug-likeness (QED) is 0.462. The number of nitrogens with zero attached hydrogens (tertiary/aromatic N) is 4. The molecule has 1 heterocycles. The molecular formula is C19H20N4O4. The first kappa shape index (κ1) is 18.5. The number of nitro benzene ring substituents is 1. The Hall–Kier alpha value is -3.26. The Labute approximate surface area is 156 Å². The molecule has 0 saturated heterocycles. The molecule has 0 aliphatic rings. The van der Waals surface area contributed by atoms with Crippen molar-refractivity contribution >= 4 is 5.69 Å². The van der Waals surface area contributed by atoms with Crippen LogP contribution in [-0.4, -0.2) is 34.2 Å². The highest BCUT2D eigenvalue weighted by Crippen LogP contribution is 2.26. The van der Waals surface area contributed by atoms with E-state index in [1.165, 1.54) is 12.1 Å². The molecule has 2 aromatic carbocycles. The lowest BCUT2D eigenvalue weighted by Crippen LogP contribution is -2.22. The Morgan fingerprint density at radius 1 is 1.22 bits per heavy atom. The average molecular weight is 368 g/mol. The van der Waals surface area contributed by atoms with Crippen molar-refractivity contribution in [1.82, 2.24) is 15.1 Å². The number of ether oxygens (including phenoxy) is 1. The van der Waals surface area contributed by atoms with Crippen molar-refractivity contribution in [2.24, 2.45) is 0 Å². The predicted molar refractivity (Wildman–Crippen MR) is 99.3 cm³/mol. The summed E-state index contributed by atoms with van der Waals surface area (Å²) >= 11 is 0. The zero-order chi connectivity index (χ0) is 19.4. The van der Waals surface area contributed by atoms with Crippen molar-refractivity contribution in [1.29, 1.82) is 0 Å². The van der Waals surface area contributed by atoms with Crippen LogP contribution in [0.3, 0.4) is 0 Å². The molecule has 0 amide bonds. The fraction of sp³-hybridized carbons (Fsp3) is 0.263. The second-order valence-corrected chi connectivity index (χ2v) is 6.19. The van der Waals surface area contributed by atoms with Gasteiger partial charge in [-0.3, -0.25) is 15.0 Å². The first-order chi connectivity index (χ1) is 13.0. The maximum atomic E-state index is 10.7. The summed E-state index contributed by atoms with van der Waals surface area (Å²) in [4.78, 5) is 12.4. The van der Waals surface area contributed by atoms with Crippen molar-refractivity contribution in [3.05, 3.63) is 70.1 Å². The SMILES string of the molecule is COc1cccc(CN(C)[C@@H](C)c2nnc(-c3ccc([N+](=O)[O-])cc3)o2)c1. The molecule has 8 nitrogen and oxygen atoms in total. The number of aromatic nitrogens is 2. The molecule has 0 radical (unpaired) electrons. The van der Waals surface area contributed by atoms with E-state index < -0.39 is 4.92 Å². The number of benzene rings is 2. The van der Waals surface area contributed by atoms with Crippen LogP contribution in [0.15, 0.2) is 52.9 Å². The topological polar surface area (TPSA) is 94.5 Å². The fourth-order valence-electron chi connectivity index (χ4n) is 2.63. The van der Waals surface area contributed by atoms with Crippen LogP contribution in [0.5, 0.6) is 5.75 Å². The van der Waals surface area contributed by atoms with Crippen LogP contribution >= 0.6 is 0 Å². The standard InChI is InChI=1S/C19H20N4O4/c1-13(22(2)12-14-5-4-6-17(11-14)26-3)18-20-21-19(27-18)15-7-9-16(10-8-15)23(24)25/h4-11,13H,12H2,1-3H3/t13-/m0/s1. The summed E-state index contributed by atoms with van der Waals surface area (Å²) in [6.07, 6.45) is 0. The van der Waals surface area contributed by atoms with Crippen molar-refractivity contribution < 1.29 is 14.1 Å². The number of hydrogen-bond acceptors (Lipinski definition) is 7. The Kier molecular flexibility index (Phi) is 5.46. The minimum Gasteiger partial charge on any atom is -0.497 e. The summed E-state index contributed by atoms with van der Waals surface area (Å²) in [7, 11) is 3.61. The van der Waals surface area contributed by atoms with E-state index in [1.54, 1.807) is 19.2 Å². The van der Waals surface area contributed by atoms with Crippen LogP contribution in [0.4, 0.5) is 5.69 Å². The van der Waals surface area contributed by atoms with Gasteiger partial charge in [0.25, 0.3) is 5.69 Å². The molecule has 8 heteroatoms. The fourth-order valence-corrected chi connectivity index (χ4v) is 2.63. The molecule has 0 spiro atoms. The van der Waals surface area contributed by atoms with Crippen LogP contribution in [0.2, 0.25) is 0 Å². The van der Waals surface area contributed by atoms with Crippen LogP contribution in [0.1, 0.15) is 24.4 Å². The zero-order valence-electron chi connectivity index (χ0n) is 15.3. The highest BCUT2D eigenvalue weighted by Gasteiger charge is 2.20. The second-order valence-electron chi connectivity index (χ2n) is 6.19. The molecule has 27 heavy (non-hydrogen) atoms. The van der Waals surface area contributed by atoms with Gasteiger partial charge < -0.3 is 9.15 Å². The van der Waals surface area contributed by atoms with Crippen molar-refractivity contribution in [2.45, 2.75) is 19.5 Å². The summed E-state index contributed by atoms with van der Waals surface area (Å²) in [5.74, 6) is 1.63. The molecule has 1 atom stereocenters. The van der Waals surface area contributed by atoms with E-state index >= 15 is 0 Å². The monoisotopic (exact) mass is 368 g/mol. The van der Waals surface area contributed by atoms with Gasteiger partial charge in [0.1, 0.15) is 5.75 Å². The smallest absolute Gasteiger partial charge is 0.269 e. The van der Waals surface area contributed by atoms with Crippen molar-refractivity contribution in [3.63, 3.8) is 0 Å². The maximum Gasteiger partial charge on any atom is 0.269 e. The molecule has 0 bridgehead atoms. The highest BCUT2D eigenvalue weighted by atomic mass is 16.6. The summed E-state index contributed by atoms with van der Waals surface area (Å²) in [6, 6.07) is 13.8. The third-order valence-corrected chi connectivity index (χ3v) is 4.35. The molecule has 0 aliphatic heterocycles. The summed E-state index contributed by atoms with van der Waals surface area (Å²) in [5.41, 5.74) is 1.77. The number of hydrogen-bond donors (Lipinski definition) is 0. The highest BCUT2D eigenvalue weighted by molar-refractivity contribution is 5.55. The molecule has 1 aromatic heterocycles. The number of methoxy groups -OCH3 is 1. The van der Waals surface area contributed by atoms with Crippen LogP contribution in [0, 0.1) is 10.1 Å². The van der Waals surface area contributed by atoms with E-state index in [4.69, 9.17) is 9.15 Å². The third kappa shape index (κ3) is 4.29. The molecular weight excluding hydrogens is 348 g/mol. The first-order valence-corrected chi connectivity index (χ1v) is 8.39. The minimum atomic E-state index is -0.446. The summed E-state index contributed by atoms with van der Waals surface area (Å²) in [6.45, 7) is 2.67. The van der Waals surface area contributed by atoms with Gasteiger partial charge >= 0.3 is 0 Å². The number of non-ortho nitro benzene ring substituents is 1. The van der Waals surface area contributed by atoms with Gasteiger partial charge in [-0.2, -0.15) is 0 Å². The van der Waals surface area contributed by atoms with Gasteiger partial charge in [-0.15, -0.1) is 10.2 Å². The van der Waals surface area contributed by atoms with E-state index in [-0.39, 0.29) is 11.7 Å². The average Bonchev–Trinajstić information content (AvgIpc) is 3.17. The van der Waals surface area contributed by atoms with E-state index in [0.29, 0.717) is 23.9 Å². The van der Waals surface area contributed by atoms with Crippen LogP contribution < -0.4 is 4.74 Å². The molecule has 3 rings (SSSR count). The van der Waals surface area contributed by atoms with E-state index in [9.17, 15) is 10.1 Å². The molecule has 0 N–H and O–H groups in total. The summed E-state index contributed by atoms with van der Waals surface area (Å²) < 4.78 is 11.0. The molecule has 0 fully saturated rings. The van der Waals surface area contributed by atoms with Gasteiger partial charge in [0.2, 0.25) is 11.8 Å². The van der Waals surface area contributed by atoms with E-state index in [0.717, 1.165) is 11.3 Å². The molecule has 3 aromatic rings. The zero-order valence-corrected chi connectivity index (χ0v) is 15.3. The molecule has 0 unspecified atom stereocenters. The lowest BCUT2D eigenvalue weighted by atomic mass is 10.2. The molecule has 0 saturated carbocycles. The largest absolute Gasteiger partial charge is 0.497 e. The Balaban J connectivity index is 1.71. The normalized spacial score (nSPS) is 12.1. The van der Waals surface area contributed by atoms with Crippen LogP contribution in [-0.2, 0) is 6.54 Å². The van der Waals surface area contributed by atoms with Gasteiger partial charge in [-0.25, -0.2) is 0 Å². The molecule has 0 aliphatic carbocycles. The van der Waals surface area contributed by atoms with Crippen molar-refractivity contribution in [3.8, 4) is 17.2 Å². The predicted octanol–water partition coefficient (Wildman–Crippen LogP) is 3.85. The third-order valence-electron chi connectivity index (χ3n) is 4.35. The minimum absolute atomic E-state index is 0.0184. The lowest BCUT2D eigenvalue weighted by molar-refractivity contribution is -0.384. The van der Waals surface area contributed by atoms with Gasteiger partial charge in [0, 0.05) is 24.2 Å². The van der Waals surface area contributed by atoms with Crippen LogP contribution in [0.25, 0.3) is 11.5 Å². The number of rotatable bonds is 7. The Morgan fingerprint density at radius 2 is 1.96 bits per heavy atom. The molecule has 140 valence electrons. The maximum absolute atomic E-state index is 10.7. The van der Waals surface area contributed by atoms with Gasteiger partial charge in [0.15, 0.2) is 0 Å².